The largest absolute Gasteiger partial charge is 0.481 e. The van der Waals surface area contributed by atoms with Crippen LogP contribution in [0.1, 0.15) is 31.2 Å². The summed E-state index contributed by atoms with van der Waals surface area (Å²) in [7, 11) is 0. The van der Waals surface area contributed by atoms with Gasteiger partial charge in [-0.2, -0.15) is 0 Å². The summed E-state index contributed by atoms with van der Waals surface area (Å²) in [6.07, 6.45) is 2.97. The van der Waals surface area contributed by atoms with Crippen LogP contribution in [0.5, 0.6) is 0 Å². The molecule has 0 radical (unpaired) electrons. The number of rotatable bonds is 4. The molecule has 1 saturated carbocycles. The van der Waals surface area contributed by atoms with E-state index in [1.54, 1.807) is 21.9 Å². The number of benzene rings is 1. The first-order chi connectivity index (χ1) is 12.9. The van der Waals surface area contributed by atoms with Gasteiger partial charge in [0.15, 0.2) is 0 Å². The number of piperazine rings is 1. The molecule has 0 spiro atoms. The molecule has 2 fully saturated rings. The third-order valence-corrected chi connectivity index (χ3v) is 5.84. The highest BCUT2D eigenvalue weighted by atomic mass is 35.5. The Morgan fingerprint density at radius 1 is 0.963 bits per heavy atom. The molecule has 1 aromatic carbocycles. The number of carboxylic acid groups (broad SMARTS) is 1. The van der Waals surface area contributed by atoms with Gasteiger partial charge in [0.25, 0.3) is 0 Å². The Morgan fingerprint density at radius 2 is 1.56 bits per heavy atom. The Bertz CT molecular complexity index is 698. The number of halogens is 1. The Labute approximate surface area is 164 Å². The average molecular weight is 393 g/mol. The number of amides is 2. The first-order valence-corrected chi connectivity index (χ1v) is 9.85. The number of hydrogen-bond donors (Lipinski definition) is 1. The lowest BCUT2D eigenvalue weighted by atomic mass is 9.80. The van der Waals surface area contributed by atoms with Crippen LogP contribution >= 0.6 is 11.6 Å². The van der Waals surface area contributed by atoms with E-state index in [0.717, 1.165) is 18.4 Å². The van der Waals surface area contributed by atoms with Gasteiger partial charge in [-0.25, -0.2) is 0 Å². The molecule has 146 valence electrons. The maximum Gasteiger partial charge on any atom is 0.306 e. The molecular weight excluding hydrogens is 368 g/mol. The molecular formula is C20H25ClN2O4. The third kappa shape index (κ3) is 5.01. The van der Waals surface area contributed by atoms with E-state index in [9.17, 15) is 19.5 Å². The van der Waals surface area contributed by atoms with Crippen LogP contribution in [-0.4, -0.2) is 58.9 Å². The molecule has 1 aliphatic carbocycles. The van der Waals surface area contributed by atoms with Crippen LogP contribution in [0, 0.1) is 11.8 Å². The van der Waals surface area contributed by atoms with E-state index in [-0.39, 0.29) is 17.7 Å². The van der Waals surface area contributed by atoms with Gasteiger partial charge in [0.05, 0.1) is 12.3 Å². The van der Waals surface area contributed by atoms with Gasteiger partial charge in [0.1, 0.15) is 0 Å². The fraction of sp³-hybridized carbons (Fsp3) is 0.550. The highest BCUT2D eigenvalue weighted by molar-refractivity contribution is 6.30. The third-order valence-electron chi connectivity index (χ3n) is 5.59. The number of nitrogens with zero attached hydrogens (tertiary/aromatic N) is 2. The lowest BCUT2D eigenvalue weighted by Gasteiger charge is -2.37. The maximum atomic E-state index is 12.7. The molecule has 1 N–H and O–H groups in total. The van der Waals surface area contributed by atoms with Gasteiger partial charge < -0.3 is 14.9 Å². The van der Waals surface area contributed by atoms with Crippen LogP contribution in [0.3, 0.4) is 0 Å². The summed E-state index contributed by atoms with van der Waals surface area (Å²) in [5.41, 5.74) is 0.921. The van der Waals surface area contributed by atoms with E-state index < -0.39 is 11.9 Å². The molecule has 1 heterocycles. The first kappa shape index (κ1) is 19.7. The van der Waals surface area contributed by atoms with Crippen LogP contribution in [-0.2, 0) is 20.8 Å². The van der Waals surface area contributed by atoms with Crippen LogP contribution in [0.2, 0.25) is 5.02 Å². The molecule has 0 aromatic heterocycles. The van der Waals surface area contributed by atoms with Gasteiger partial charge in [0.2, 0.25) is 11.8 Å². The molecule has 1 saturated heterocycles. The minimum absolute atomic E-state index is 0.0470. The molecule has 7 heteroatoms. The summed E-state index contributed by atoms with van der Waals surface area (Å²) < 4.78 is 0. The van der Waals surface area contributed by atoms with Crippen molar-refractivity contribution in [2.75, 3.05) is 26.2 Å². The van der Waals surface area contributed by atoms with Crippen molar-refractivity contribution in [1.82, 2.24) is 9.80 Å². The van der Waals surface area contributed by atoms with E-state index in [1.807, 2.05) is 12.1 Å². The van der Waals surface area contributed by atoms with Crippen molar-refractivity contribution in [3.8, 4) is 0 Å². The highest BCUT2D eigenvalue weighted by Crippen LogP contribution is 2.30. The quantitative estimate of drug-likeness (QED) is 0.853. The molecule has 6 nitrogen and oxygen atoms in total. The van der Waals surface area contributed by atoms with Crippen molar-refractivity contribution in [2.24, 2.45) is 11.8 Å². The molecule has 2 aliphatic rings. The van der Waals surface area contributed by atoms with Gasteiger partial charge >= 0.3 is 5.97 Å². The van der Waals surface area contributed by atoms with E-state index in [4.69, 9.17) is 11.6 Å². The summed E-state index contributed by atoms with van der Waals surface area (Å²) in [6.45, 7) is 2.07. The smallest absolute Gasteiger partial charge is 0.306 e. The molecule has 1 aliphatic heterocycles. The van der Waals surface area contributed by atoms with Crippen LogP contribution in [0.4, 0.5) is 0 Å². The number of aliphatic carboxylic acids is 1. The van der Waals surface area contributed by atoms with Gasteiger partial charge in [-0.05, 0) is 37.0 Å². The fourth-order valence-electron chi connectivity index (χ4n) is 3.96. The lowest BCUT2D eigenvalue weighted by Crippen LogP contribution is -2.52. The molecule has 1 aromatic rings. The van der Waals surface area contributed by atoms with Crippen molar-refractivity contribution >= 4 is 29.4 Å². The highest BCUT2D eigenvalue weighted by Gasteiger charge is 2.34. The summed E-state index contributed by atoms with van der Waals surface area (Å²) in [5, 5.41) is 9.85. The van der Waals surface area contributed by atoms with Crippen molar-refractivity contribution in [3.63, 3.8) is 0 Å². The van der Waals surface area contributed by atoms with E-state index in [2.05, 4.69) is 0 Å². The predicted molar refractivity (Wildman–Crippen MR) is 101 cm³/mol. The molecule has 27 heavy (non-hydrogen) atoms. The molecule has 2 atom stereocenters. The Morgan fingerprint density at radius 3 is 2.19 bits per heavy atom. The van der Waals surface area contributed by atoms with Gasteiger partial charge in [-0.15, -0.1) is 0 Å². The number of carbonyl (C=O) groups is 3. The zero-order valence-corrected chi connectivity index (χ0v) is 16.0. The fourth-order valence-corrected chi connectivity index (χ4v) is 4.09. The van der Waals surface area contributed by atoms with Crippen LogP contribution in [0.25, 0.3) is 0 Å². The van der Waals surface area contributed by atoms with E-state index in [1.165, 1.54) is 0 Å². The Hall–Kier alpha value is -2.08. The topological polar surface area (TPSA) is 77.9 Å². The van der Waals surface area contributed by atoms with Crippen LogP contribution < -0.4 is 0 Å². The second-order valence-corrected chi connectivity index (χ2v) is 7.84. The first-order valence-electron chi connectivity index (χ1n) is 9.48. The number of hydrogen-bond acceptors (Lipinski definition) is 3. The van der Waals surface area contributed by atoms with Gasteiger partial charge in [0, 0.05) is 37.1 Å². The zero-order chi connectivity index (χ0) is 19.4. The summed E-state index contributed by atoms with van der Waals surface area (Å²) in [4.78, 5) is 40.0. The summed E-state index contributed by atoms with van der Waals surface area (Å²) in [5.74, 6) is -1.31. The number of carboxylic acids is 1. The molecule has 0 bridgehead atoms. The Kier molecular flexibility index (Phi) is 6.37. The minimum Gasteiger partial charge on any atom is -0.481 e. The monoisotopic (exact) mass is 392 g/mol. The van der Waals surface area contributed by atoms with E-state index >= 15 is 0 Å². The SMILES string of the molecule is O=C(O)C1CCCC(C(=O)N2CCN(C(=O)Cc3ccc(Cl)cc3)CC2)C1. The van der Waals surface area contributed by atoms with Gasteiger partial charge in [-0.1, -0.05) is 30.2 Å². The van der Waals surface area contributed by atoms with Crippen molar-refractivity contribution < 1.29 is 19.5 Å². The average Bonchev–Trinajstić information content (AvgIpc) is 2.69. The number of carbonyl (C=O) groups excluding carboxylic acids is 2. The minimum atomic E-state index is -0.801. The van der Waals surface area contributed by atoms with Crippen LogP contribution in [0.15, 0.2) is 24.3 Å². The normalized spacial score (nSPS) is 23.1. The summed E-state index contributed by atoms with van der Waals surface area (Å²) in [6, 6.07) is 7.24. The Balaban J connectivity index is 1.49. The van der Waals surface area contributed by atoms with E-state index in [0.29, 0.717) is 50.5 Å². The van der Waals surface area contributed by atoms with Crippen molar-refractivity contribution in [1.29, 1.82) is 0 Å². The van der Waals surface area contributed by atoms with Gasteiger partial charge in [-0.3, -0.25) is 14.4 Å². The second kappa shape index (κ2) is 8.74. The van der Waals surface area contributed by atoms with Crippen molar-refractivity contribution in [3.05, 3.63) is 34.9 Å². The maximum absolute atomic E-state index is 12.7. The lowest BCUT2D eigenvalue weighted by molar-refractivity contribution is -0.147. The second-order valence-electron chi connectivity index (χ2n) is 7.41. The molecule has 2 amide bonds. The standard InChI is InChI=1S/C20H25ClN2O4/c21-17-6-4-14(5-7-17)12-18(24)22-8-10-23(11-9-22)19(25)15-2-1-3-16(13-15)20(26)27/h4-7,15-16H,1-3,8-13H2,(H,26,27). The predicted octanol–water partition coefficient (Wildman–Crippen LogP) is 2.44. The summed E-state index contributed by atoms with van der Waals surface area (Å²) >= 11 is 5.87. The molecule has 2 unspecified atom stereocenters. The zero-order valence-electron chi connectivity index (χ0n) is 15.3. The molecule has 3 rings (SSSR count). The van der Waals surface area contributed by atoms with Crippen molar-refractivity contribution in [2.45, 2.75) is 32.1 Å².